The molecular weight excluding hydrogens is 673 g/mol. The molecule has 0 saturated carbocycles. The normalized spacial score (nSPS) is 14.3. The highest BCUT2D eigenvalue weighted by Gasteiger charge is 2.25. The van der Waals surface area contributed by atoms with Crippen molar-refractivity contribution in [3.05, 3.63) is 199 Å². The van der Waals surface area contributed by atoms with Crippen molar-refractivity contribution in [3.63, 3.8) is 0 Å². The molecule has 1 atom stereocenters. The van der Waals surface area contributed by atoms with Crippen LogP contribution in [-0.4, -0.2) is 14.8 Å². The zero-order valence-electron chi connectivity index (χ0n) is 29.6. The molecule has 0 radical (unpaired) electrons. The van der Waals surface area contributed by atoms with E-state index in [-0.39, 0.29) is 6.17 Å². The number of benzene rings is 8. The van der Waals surface area contributed by atoms with Gasteiger partial charge in [-0.25, -0.2) is 0 Å². The van der Waals surface area contributed by atoms with Crippen LogP contribution in [0, 0.1) is 0 Å². The SMILES string of the molecule is c1ccc(C2=NC(c3ccc(-n4c5ccccc5c5ccc6c7ccc8oc9ccccc9c8c7n(-c7ccccc7)c6c54)cc3)Nc3ccccc32)cc1. The number of hydrogen-bond acceptors (Lipinski definition) is 3. The van der Waals surface area contributed by atoms with E-state index < -0.39 is 0 Å². The van der Waals surface area contributed by atoms with Gasteiger partial charge in [0.2, 0.25) is 0 Å². The third kappa shape index (κ3) is 4.38. The summed E-state index contributed by atoms with van der Waals surface area (Å²) in [6.07, 6.45) is -0.225. The van der Waals surface area contributed by atoms with Crippen molar-refractivity contribution < 1.29 is 4.42 Å². The van der Waals surface area contributed by atoms with Gasteiger partial charge in [0, 0.05) is 55.1 Å². The van der Waals surface area contributed by atoms with Crippen molar-refractivity contribution in [1.29, 1.82) is 0 Å². The highest BCUT2D eigenvalue weighted by atomic mass is 16.3. The second-order valence-electron chi connectivity index (χ2n) is 14.3. The first-order valence-corrected chi connectivity index (χ1v) is 18.8. The van der Waals surface area contributed by atoms with E-state index in [1.165, 1.54) is 32.6 Å². The summed E-state index contributed by atoms with van der Waals surface area (Å²) < 4.78 is 11.4. The number of anilines is 1. The average molecular weight is 705 g/mol. The highest BCUT2D eigenvalue weighted by molar-refractivity contribution is 6.29. The van der Waals surface area contributed by atoms with Crippen LogP contribution in [0.25, 0.3) is 76.9 Å². The molecule has 0 bridgehead atoms. The fourth-order valence-electron chi connectivity index (χ4n) is 8.93. The van der Waals surface area contributed by atoms with Crippen molar-refractivity contribution in [1.82, 2.24) is 9.13 Å². The molecular formula is C50H32N4O. The molecule has 5 nitrogen and oxygen atoms in total. The van der Waals surface area contributed by atoms with E-state index in [0.29, 0.717) is 0 Å². The molecule has 1 N–H and O–H groups in total. The maximum Gasteiger partial charge on any atom is 0.145 e. The van der Waals surface area contributed by atoms with Crippen molar-refractivity contribution in [2.24, 2.45) is 4.99 Å². The maximum atomic E-state index is 6.46. The molecule has 8 aromatic carbocycles. The lowest BCUT2D eigenvalue weighted by Gasteiger charge is -2.26. The molecule has 0 spiro atoms. The van der Waals surface area contributed by atoms with Gasteiger partial charge in [0.25, 0.3) is 0 Å². The maximum absolute atomic E-state index is 6.46. The predicted molar refractivity (Wildman–Crippen MR) is 227 cm³/mol. The Morgan fingerprint density at radius 3 is 1.91 bits per heavy atom. The van der Waals surface area contributed by atoms with Crippen molar-refractivity contribution in [2.45, 2.75) is 6.17 Å². The Labute approximate surface area is 316 Å². The van der Waals surface area contributed by atoms with Gasteiger partial charge in [-0.2, -0.15) is 0 Å². The molecule has 0 amide bonds. The molecule has 1 unspecified atom stereocenters. The minimum atomic E-state index is -0.225. The molecule has 12 rings (SSSR count). The highest BCUT2D eigenvalue weighted by Crippen LogP contribution is 2.45. The summed E-state index contributed by atoms with van der Waals surface area (Å²) in [5.74, 6) is 0. The number of aliphatic imine (C=N–C) groups is 1. The average Bonchev–Trinajstić information content (AvgIpc) is 3.92. The largest absolute Gasteiger partial charge is 0.456 e. The second-order valence-corrected chi connectivity index (χ2v) is 14.3. The molecule has 4 heterocycles. The molecule has 1 aliphatic heterocycles. The van der Waals surface area contributed by atoms with Crippen LogP contribution in [0.15, 0.2) is 191 Å². The Hall–Kier alpha value is -7.37. The van der Waals surface area contributed by atoms with Crippen molar-refractivity contribution >= 4 is 76.9 Å². The lowest BCUT2D eigenvalue weighted by molar-refractivity contribution is 0.669. The van der Waals surface area contributed by atoms with Crippen LogP contribution in [-0.2, 0) is 0 Å². The van der Waals surface area contributed by atoms with Crippen LogP contribution in [0.2, 0.25) is 0 Å². The summed E-state index contributed by atoms with van der Waals surface area (Å²) in [5, 5.41) is 10.8. The third-order valence-corrected chi connectivity index (χ3v) is 11.3. The topological polar surface area (TPSA) is 47.4 Å². The lowest BCUT2D eigenvalue weighted by atomic mass is 9.97. The first-order chi connectivity index (χ1) is 27.3. The van der Waals surface area contributed by atoms with Crippen LogP contribution in [0.1, 0.15) is 22.9 Å². The minimum absolute atomic E-state index is 0.225. The van der Waals surface area contributed by atoms with Crippen LogP contribution in [0.5, 0.6) is 0 Å². The van der Waals surface area contributed by atoms with Gasteiger partial charge in [-0.1, -0.05) is 127 Å². The van der Waals surface area contributed by atoms with Crippen molar-refractivity contribution in [2.75, 3.05) is 5.32 Å². The number of hydrogen-bond donors (Lipinski definition) is 1. The zero-order chi connectivity index (χ0) is 36.0. The Kier molecular flexibility index (Phi) is 6.33. The summed E-state index contributed by atoms with van der Waals surface area (Å²) in [4.78, 5) is 5.30. The van der Waals surface area contributed by atoms with E-state index in [2.05, 4.69) is 190 Å². The van der Waals surface area contributed by atoms with Crippen molar-refractivity contribution in [3.8, 4) is 11.4 Å². The molecule has 0 aliphatic carbocycles. The Morgan fingerprint density at radius 1 is 0.455 bits per heavy atom. The van der Waals surface area contributed by atoms with Gasteiger partial charge in [-0.05, 0) is 60.2 Å². The third-order valence-electron chi connectivity index (χ3n) is 11.3. The van der Waals surface area contributed by atoms with E-state index in [4.69, 9.17) is 9.41 Å². The number of nitrogens with zero attached hydrogens (tertiary/aromatic N) is 3. The monoisotopic (exact) mass is 704 g/mol. The van der Waals surface area contributed by atoms with Gasteiger partial charge in [-0.15, -0.1) is 0 Å². The molecule has 3 aromatic heterocycles. The first kappa shape index (κ1) is 30.1. The van der Waals surface area contributed by atoms with E-state index in [1.807, 2.05) is 6.07 Å². The summed E-state index contributed by atoms with van der Waals surface area (Å²) in [6.45, 7) is 0. The Balaban J connectivity index is 1.12. The van der Waals surface area contributed by atoms with Gasteiger partial charge in [-0.3, -0.25) is 4.99 Å². The van der Waals surface area contributed by atoms with Gasteiger partial charge in [0.1, 0.15) is 17.3 Å². The number of para-hydroxylation sites is 4. The summed E-state index contributed by atoms with van der Waals surface area (Å²) in [7, 11) is 0. The number of fused-ring (bicyclic) bond motifs is 12. The van der Waals surface area contributed by atoms with Crippen LogP contribution in [0.4, 0.5) is 5.69 Å². The number of aromatic nitrogens is 2. The van der Waals surface area contributed by atoms with E-state index in [1.54, 1.807) is 0 Å². The molecule has 0 fully saturated rings. The molecule has 258 valence electrons. The fourth-order valence-corrected chi connectivity index (χ4v) is 8.93. The predicted octanol–water partition coefficient (Wildman–Crippen LogP) is 12.7. The summed E-state index contributed by atoms with van der Waals surface area (Å²) in [6, 6.07) is 64.7. The summed E-state index contributed by atoms with van der Waals surface area (Å²) in [5.41, 5.74) is 14.0. The summed E-state index contributed by atoms with van der Waals surface area (Å²) >= 11 is 0. The molecule has 1 aliphatic rings. The van der Waals surface area contributed by atoms with Crippen LogP contribution < -0.4 is 5.32 Å². The molecule has 55 heavy (non-hydrogen) atoms. The molecule has 0 saturated heterocycles. The lowest BCUT2D eigenvalue weighted by Crippen LogP contribution is -2.20. The van der Waals surface area contributed by atoms with Gasteiger partial charge in [0.15, 0.2) is 0 Å². The molecule has 5 heteroatoms. The zero-order valence-corrected chi connectivity index (χ0v) is 29.6. The van der Waals surface area contributed by atoms with E-state index in [0.717, 1.165) is 72.4 Å². The Bertz CT molecular complexity index is 3330. The standard InChI is InChI=1S/C50H32N4O/c1-3-13-31(14-4-1)46-39-18-7-10-20-41(39)51-50(52-46)32-23-25-34(26-24-32)53-42-21-11-8-17-35(42)36-27-28-38-37-29-30-44-45(40-19-9-12-22-43(40)55-44)47(37)54(49(38)48(36)53)33-15-5-2-6-16-33/h1-30,50-51H. The molecule has 11 aromatic rings. The number of furan rings is 1. The van der Waals surface area contributed by atoms with Crippen LogP contribution in [0.3, 0.4) is 0 Å². The van der Waals surface area contributed by atoms with Gasteiger partial charge in [0.05, 0.1) is 33.2 Å². The van der Waals surface area contributed by atoms with Crippen LogP contribution >= 0.6 is 0 Å². The Morgan fingerprint density at radius 2 is 1.07 bits per heavy atom. The second kappa shape index (κ2) is 11.6. The smallest absolute Gasteiger partial charge is 0.145 e. The number of rotatable bonds is 4. The minimum Gasteiger partial charge on any atom is -0.456 e. The van der Waals surface area contributed by atoms with E-state index in [9.17, 15) is 0 Å². The fraction of sp³-hybridized carbons (Fsp3) is 0.0200. The van der Waals surface area contributed by atoms with E-state index >= 15 is 0 Å². The quantitative estimate of drug-likeness (QED) is 0.198. The first-order valence-electron chi connectivity index (χ1n) is 18.8. The van der Waals surface area contributed by atoms with Gasteiger partial charge >= 0.3 is 0 Å². The number of nitrogens with one attached hydrogen (secondary N) is 1. The van der Waals surface area contributed by atoms with Gasteiger partial charge < -0.3 is 18.9 Å².